The molecule has 19 heavy (non-hydrogen) atoms. The Morgan fingerprint density at radius 1 is 1.42 bits per heavy atom. The van der Waals surface area contributed by atoms with E-state index in [-0.39, 0.29) is 16.9 Å². The highest BCUT2D eigenvalue weighted by molar-refractivity contribution is 7.89. The van der Waals surface area contributed by atoms with Crippen molar-refractivity contribution in [1.82, 2.24) is 4.31 Å². The van der Waals surface area contributed by atoms with Crippen LogP contribution in [-0.2, 0) is 10.0 Å². The highest BCUT2D eigenvalue weighted by atomic mass is 32.2. The largest absolute Gasteiger partial charge is 0.326 e. The number of nitrogens with two attached hydrogens (primary N) is 1. The van der Waals surface area contributed by atoms with E-state index in [2.05, 4.69) is 0 Å². The van der Waals surface area contributed by atoms with Crippen LogP contribution < -0.4 is 5.73 Å². The number of nitrogens with zero attached hydrogens (tertiary/aromatic N) is 2. The maximum atomic E-state index is 12.6. The standard InChI is InChI=1S/C13H17N3O2S/c1-9-3-4-11(6-14)5-13(9)19(17,18)16-7-10(2)12(15)8-16/h3-5,10,12H,7-8,15H2,1-2H3. The predicted octanol–water partition coefficient (Wildman–Crippen LogP) is 0.834. The summed E-state index contributed by atoms with van der Waals surface area (Å²) in [5.74, 6) is 0.147. The molecule has 0 saturated carbocycles. The summed E-state index contributed by atoms with van der Waals surface area (Å²) in [6, 6.07) is 6.54. The Morgan fingerprint density at radius 2 is 2.11 bits per heavy atom. The molecule has 1 saturated heterocycles. The van der Waals surface area contributed by atoms with E-state index < -0.39 is 10.0 Å². The van der Waals surface area contributed by atoms with Crippen molar-refractivity contribution >= 4 is 10.0 Å². The predicted molar refractivity (Wildman–Crippen MR) is 71.8 cm³/mol. The van der Waals surface area contributed by atoms with Gasteiger partial charge in [0.2, 0.25) is 10.0 Å². The molecule has 0 spiro atoms. The molecule has 1 aromatic carbocycles. The zero-order valence-electron chi connectivity index (χ0n) is 11.0. The molecule has 2 atom stereocenters. The van der Waals surface area contributed by atoms with Gasteiger partial charge in [-0.2, -0.15) is 9.57 Å². The second kappa shape index (κ2) is 4.93. The van der Waals surface area contributed by atoms with Crippen molar-refractivity contribution in [3.05, 3.63) is 29.3 Å². The van der Waals surface area contributed by atoms with Gasteiger partial charge in [-0.25, -0.2) is 8.42 Å². The summed E-state index contributed by atoms with van der Waals surface area (Å²) in [6.45, 7) is 4.44. The summed E-state index contributed by atoms with van der Waals surface area (Å²) in [6.07, 6.45) is 0. The van der Waals surface area contributed by atoms with Crippen LogP contribution >= 0.6 is 0 Å². The van der Waals surface area contributed by atoms with Gasteiger partial charge in [-0.3, -0.25) is 0 Å². The smallest absolute Gasteiger partial charge is 0.243 e. The molecule has 102 valence electrons. The minimum atomic E-state index is -3.57. The fourth-order valence-corrected chi connectivity index (χ4v) is 4.06. The number of benzene rings is 1. The molecule has 1 heterocycles. The third kappa shape index (κ3) is 2.50. The number of aryl methyl sites for hydroxylation is 1. The molecule has 0 amide bonds. The quantitative estimate of drug-likeness (QED) is 0.868. The fourth-order valence-electron chi connectivity index (χ4n) is 2.23. The third-order valence-corrected chi connectivity index (χ3v) is 5.55. The summed E-state index contributed by atoms with van der Waals surface area (Å²) in [5, 5.41) is 8.89. The minimum Gasteiger partial charge on any atom is -0.326 e. The molecule has 6 heteroatoms. The first-order valence-electron chi connectivity index (χ1n) is 6.12. The van der Waals surface area contributed by atoms with Gasteiger partial charge in [0.05, 0.1) is 16.5 Å². The lowest BCUT2D eigenvalue weighted by Gasteiger charge is -2.17. The normalized spacial score (nSPS) is 24.3. The first-order chi connectivity index (χ1) is 8.86. The molecule has 2 N–H and O–H groups in total. The van der Waals surface area contributed by atoms with Gasteiger partial charge < -0.3 is 5.73 Å². The van der Waals surface area contributed by atoms with Gasteiger partial charge >= 0.3 is 0 Å². The molecular formula is C13H17N3O2S. The Morgan fingerprint density at radius 3 is 2.63 bits per heavy atom. The highest BCUT2D eigenvalue weighted by Crippen LogP contribution is 2.26. The van der Waals surface area contributed by atoms with Crippen molar-refractivity contribution in [3.8, 4) is 6.07 Å². The molecular weight excluding hydrogens is 262 g/mol. The number of hydrogen-bond acceptors (Lipinski definition) is 4. The van der Waals surface area contributed by atoms with E-state index >= 15 is 0 Å². The maximum Gasteiger partial charge on any atom is 0.243 e. The van der Waals surface area contributed by atoms with Crippen LogP contribution in [0.5, 0.6) is 0 Å². The first kappa shape index (κ1) is 14.0. The van der Waals surface area contributed by atoms with Crippen LogP contribution in [0.3, 0.4) is 0 Å². The maximum absolute atomic E-state index is 12.6. The molecule has 0 aliphatic carbocycles. The third-order valence-electron chi connectivity index (χ3n) is 3.57. The number of sulfonamides is 1. The Bertz CT molecular complexity index is 624. The molecule has 1 aliphatic heterocycles. The van der Waals surface area contributed by atoms with E-state index in [1.54, 1.807) is 19.1 Å². The van der Waals surface area contributed by atoms with Gasteiger partial charge in [-0.05, 0) is 30.5 Å². The van der Waals surface area contributed by atoms with E-state index in [0.717, 1.165) is 0 Å². The van der Waals surface area contributed by atoms with Gasteiger partial charge in [0.25, 0.3) is 0 Å². The van der Waals surface area contributed by atoms with Crippen LogP contribution in [0.1, 0.15) is 18.1 Å². The number of rotatable bonds is 2. The zero-order chi connectivity index (χ0) is 14.2. The highest BCUT2D eigenvalue weighted by Gasteiger charge is 2.36. The Hall–Kier alpha value is -1.42. The number of nitriles is 1. The van der Waals surface area contributed by atoms with Gasteiger partial charge in [-0.1, -0.05) is 13.0 Å². The molecule has 5 nitrogen and oxygen atoms in total. The van der Waals surface area contributed by atoms with E-state index in [1.807, 2.05) is 13.0 Å². The number of hydrogen-bond donors (Lipinski definition) is 1. The zero-order valence-corrected chi connectivity index (χ0v) is 11.8. The summed E-state index contributed by atoms with van der Waals surface area (Å²) in [5.41, 5.74) is 6.87. The van der Waals surface area contributed by atoms with Crippen molar-refractivity contribution in [2.75, 3.05) is 13.1 Å². The van der Waals surface area contributed by atoms with Gasteiger partial charge in [0.1, 0.15) is 0 Å². The van der Waals surface area contributed by atoms with Gasteiger partial charge in [0.15, 0.2) is 0 Å². The van der Waals surface area contributed by atoms with Crippen molar-refractivity contribution in [2.45, 2.75) is 24.8 Å². The van der Waals surface area contributed by atoms with Crippen molar-refractivity contribution in [1.29, 1.82) is 5.26 Å². The van der Waals surface area contributed by atoms with Crippen LogP contribution in [-0.4, -0.2) is 31.9 Å². The van der Waals surface area contributed by atoms with Crippen LogP contribution in [0.4, 0.5) is 0 Å². The molecule has 0 bridgehead atoms. The Kier molecular flexibility index (Phi) is 3.63. The first-order valence-corrected chi connectivity index (χ1v) is 7.56. The second-order valence-electron chi connectivity index (χ2n) is 5.06. The lowest BCUT2D eigenvalue weighted by molar-refractivity contribution is 0.464. The summed E-state index contributed by atoms with van der Waals surface area (Å²) >= 11 is 0. The Balaban J connectivity index is 2.43. The van der Waals surface area contributed by atoms with Crippen molar-refractivity contribution < 1.29 is 8.42 Å². The summed E-state index contributed by atoms with van der Waals surface area (Å²) in [7, 11) is -3.57. The molecule has 1 fully saturated rings. The van der Waals surface area contributed by atoms with E-state index in [0.29, 0.717) is 24.2 Å². The fraction of sp³-hybridized carbons (Fsp3) is 0.462. The molecule has 0 radical (unpaired) electrons. The molecule has 1 aromatic rings. The SMILES string of the molecule is Cc1ccc(C#N)cc1S(=O)(=O)N1CC(C)C(N)C1. The molecule has 0 aromatic heterocycles. The molecule has 1 aliphatic rings. The monoisotopic (exact) mass is 279 g/mol. The summed E-state index contributed by atoms with van der Waals surface area (Å²) < 4.78 is 26.6. The average Bonchev–Trinajstić information content (AvgIpc) is 2.71. The molecule has 2 unspecified atom stereocenters. The lowest BCUT2D eigenvalue weighted by atomic mass is 10.1. The van der Waals surface area contributed by atoms with Crippen molar-refractivity contribution in [2.24, 2.45) is 11.7 Å². The minimum absolute atomic E-state index is 0.130. The van der Waals surface area contributed by atoms with E-state index in [1.165, 1.54) is 10.4 Å². The van der Waals surface area contributed by atoms with E-state index in [4.69, 9.17) is 11.0 Å². The Labute approximate surface area is 113 Å². The van der Waals surface area contributed by atoms with Crippen LogP contribution in [0.15, 0.2) is 23.1 Å². The molecule has 2 rings (SSSR count). The topological polar surface area (TPSA) is 87.2 Å². The van der Waals surface area contributed by atoms with Crippen LogP contribution in [0, 0.1) is 24.2 Å². The van der Waals surface area contributed by atoms with Crippen LogP contribution in [0.2, 0.25) is 0 Å². The second-order valence-corrected chi connectivity index (χ2v) is 6.96. The average molecular weight is 279 g/mol. The van der Waals surface area contributed by atoms with Crippen LogP contribution in [0.25, 0.3) is 0 Å². The van der Waals surface area contributed by atoms with Gasteiger partial charge in [-0.15, -0.1) is 0 Å². The van der Waals surface area contributed by atoms with E-state index in [9.17, 15) is 8.42 Å². The lowest BCUT2D eigenvalue weighted by Crippen LogP contribution is -2.32. The summed E-state index contributed by atoms with van der Waals surface area (Å²) in [4.78, 5) is 0.202. The van der Waals surface area contributed by atoms with Crippen molar-refractivity contribution in [3.63, 3.8) is 0 Å². The van der Waals surface area contributed by atoms with Gasteiger partial charge in [0, 0.05) is 19.1 Å².